The summed E-state index contributed by atoms with van der Waals surface area (Å²) in [4.78, 5) is 20.3. The number of allylic oxidation sites excluding steroid dienone is 1. The lowest BCUT2D eigenvalue weighted by Crippen LogP contribution is -2.21. The number of carbonyl (C=O) groups is 1. The van der Waals surface area contributed by atoms with E-state index in [-0.39, 0.29) is 12.5 Å². The van der Waals surface area contributed by atoms with E-state index in [9.17, 15) is 4.79 Å². The molecule has 0 bridgehead atoms. The van der Waals surface area contributed by atoms with Gasteiger partial charge in [0.15, 0.2) is 0 Å². The van der Waals surface area contributed by atoms with Crippen molar-refractivity contribution in [3.63, 3.8) is 0 Å². The number of ether oxygens (including phenoxy) is 1. The molecule has 0 saturated heterocycles. The van der Waals surface area contributed by atoms with Crippen LogP contribution in [0.5, 0.6) is 0 Å². The molecular formula is C19H26N6O2. The quantitative estimate of drug-likeness (QED) is 0.463. The number of aromatic nitrogens is 3. The minimum absolute atomic E-state index is 0.0387. The third kappa shape index (κ3) is 5.06. The fourth-order valence-electron chi connectivity index (χ4n) is 3.35. The van der Waals surface area contributed by atoms with Crippen molar-refractivity contribution < 1.29 is 9.53 Å². The first-order valence-electron chi connectivity index (χ1n) is 9.38. The number of anilines is 1. The van der Waals surface area contributed by atoms with E-state index in [0.29, 0.717) is 18.3 Å². The van der Waals surface area contributed by atoms with Gasteiger partial charge in [0, 0.05) is 36.7 Å². The summed E-state index contributed by atoms with van der Waals surface area (Å²) >= 11 is 0. The molecule has 0 unspecified atom stereocenters. The summed E-state index contributed by atoms with van der Waals surface area (Å²) in [7, 11) is 0. The third-order valence-corrected chi connectivity index (χ3v) is 4.65. The number of nitrogens with zero attached hydrogens (tertiary/aromatic N) is 3. The summed E-state index contributed by atoms with van der Waals surface area (Å²) in [5.41, 5.74) is 1.34. The predicted molar refractivity (Wildman–Crippen MR) is 105 cm³/mol. The third-order valence-electron chi connectivity index (χ3n) is 4.65. The van der Waals surface area contributed by atoms with Crippen LogP contribution in [0.3, 0.4) is 0 Å². The average molecular weight is 370 g/mol. The van der Waals surface area contributed by atoms with Gasteiger partial charge in [0.05, 0.1) is 12.3 Å². The molecule has 1 aliphatic carbocycles. The lowest BCUT2D eigenvalue weighted by Gasteiger charge is -2.12. The summed E-state index contributed by atoms with van der Waals surface area (Å²) in [5.74, 6) is 0.790. The SMILES string of the molecule is CCOC(=O)CN/C=C(\C=N)Nc1ncc2ccn(CC3CCCC3)c2n1. The minimum atomic E-state index is -0.347. The molecule has 1 saturated carbocycles. The van der Waals surface area contributed by atoms with Crippen LogP contribution in [0.4, 0.5) is 5.95 Å². The Morgan fingerprint density at radius 2 is 2.26 bits per heavy atom. The predicted octanol–water partition coefficient (Wildman–Crippen LogP) is 2.68. The molecule has 1 fully saturated rings. The molecule has 8 nitrogen and oxygen atoms in total. The molecule has 0 amide bonds. The summed E-state index contributed by atoms with van der Waals surface area (Å²) in [5, 5.41) is 14.4. The van der Waals surface area contributed by atoms with E-state index in [1.165, 1.54) is 31.9 Å². The normalized spacial score (nSPS) is 15.1. The van der Waals surface area contributed by atoms with Crippen molar-refractivity contribution in [3.05, 3.63) is 30.4 Å². The average Bonchev–Trinajstić information content (AvgIpc) is 3.32. The molecule has 0 aromatic carbocycles. The topological polar surface area (TPSA) is 105 Å². The van der Waals surface area contributed by atoms with Crippen LogP contribution in [-0.2, 0) is 16.1 Å². The van der Waals surface area contributed by atoms with E-state index in [1.54, 1.807) is 13.1 Å². The molecule has 2 aromatic rings. The van der Waals surface area contributed by atoms with E-state index in [4.69, 9.17) is 10.1 Å². The van der Waals surface area contributed by atoms with Crippen LogP contribution in [0.1, 0.15) is 32.6 Å². The number of carbonyl (C=O) groups excluding carboxylic acids is 1. The monoisotopic (exact) mass is 370 g/mol. The molecule has 144 valence electrons. The van der Waals surface area contributed by atoms with Crippen LogP contribution >= 0.6 is 0 Å². The highest BCUT2D eigenvalue weighted by Gasteiger charge is 2.16. The van der Waals surface area contributed by atoms with Crippen molar-refractivity contribution >= 4 is 29.2 Å². The van der Waals surface area contributed by atoms with Crippen LogP contribution in [0, 0.1) is 11.3 Å². The molecule has 2 heterocycles. The second-order valence-electron chi connectivity index (χ2n) is 6.65. The second-order valence-corrected chi connectivity index (χ2v) is 6.65. The number of rotatable bonds is 9. The zero-order valence-electron chi connectivity index (χ0n) is 15.6. The molecular weight excluding hydrogens is 344 g/mol. The van der Waals surface area contributed by atoms with Gasteiger partial charge >= 0.3 is 5.97 Å². The smallest absolute Gasteiger partial charge is 0.325 e. The fraction of sp³-hybridized carbons (Fsp3) is 0.474. The number of fused-ring (bicyclic) bond motifs is 1. The van der Waals surface area contributed by atoms with Crippen LogP contribution in [0.15, 0.2) is 30.4 Å². The maximum absolute atomic E-state index is 11.3. The molecule has 2 aromatic heterocycles. The van der Waals surface area contributed by atoms with Gasteiger partial charge in [0.2, 0.25) is 5.95 Å². The second kappa shape index (κ2) is 9.16. The molecule has 27 heavy (non-hydrogen) atoms. The van der Waals surface area contributed by atoms with Crippen molar-refractivity contribution in [1.29, 1.82) is 5.41 Å². The van der Waals surface area contributed by atoms with E-state index in [1.807, 2.05) is 6.07 Å². The highest BCUT2D eigenvalue weighted by atomic mass is 16.5. The summed E-state index contributed by atoms with van der Waals surface area (Å²) < 4.78 is 7.03. The maximum Gasteiger partial charge on any atom is 0.325 e. The van der Waals surface area contributed by atoms with Gasteiger partial charge in [-0.05, 0) is 31.7 Å². The zero-order chi connectivity index (χ0) is 19.1. The van der Waals surface area contributed by atoms with Crippen molar-refractivity contribution in [2.45, 2.75) is 39.2 Å². The van der Waals surface area contributed by atoms with Gasteiger partial charge in [-0.15, -0.1) is 0 Å². The lowest BCUT2D eigenvalue weighted by molar-refractivity contribution is -0.141. The number of hydrogen-bond donors (Lipinski definition) is 3. The Balaban J connectivity index is 1.67. The van der Waals surface area contributed by atoms with Crippen molar-refractivity contribution in [1.82, 2.24) is 19.9 Å². The van der Waals surface area contributed by atoms with E-state index < -0.39 is 0 Å². The summed E-state index contributed by atoms with van der Waals surface area (Å²) in [6.45, 7) is 3.12. The van der Waals surface area contributed by atoms with Gasteiger partial charge in [-0.1, -0.05) is 12.8 Å². The van der Waals surface area contributed by atoms with Gasteiger partial charge in [-0.2, -0.15) is 4.98 Å². The molecule has 3 N–H and O–H groups in total. The first-order chi connectivity index (χ1) is 13.2. The largest absolute Gasteiger partial charge is 0.465 e. The van der Waals surface area contributed by atoms with E-state index in [0.717, 1.165) is 29.7 Å². The highest BCUT2D eigenvalue weighted by molar-refractivity contribution is 5.81. The van der Waals surface area contributed by atoms with E-state index >= 15 is 0 Å². The van der Waals surface area contributed by atoms with Gasteiger partial charge in [-0.25, -0.2) is 4.98 Å². The van der Waals surface area contributed by atoms with Crippen LogP contribution in [-0.4, -0.2) is 39.9 Å². The van der Waals surface area contributed by atoms with Crippen molar-refractivity contribution in [2.24, 2.45) is 5.92 Å². The molecule has 1 aliphatic rings. The first kappa shape index (κ1) is 18.9. The lowest BCUT2D eigenvalue weighted by atomic mass is 10.1. The Labute approximate surface area is 158 Å². The number of nitrogens with one attached hydrogen (secondary N) is 3. The van der Waals surface area contributed by atoms with Gasteiger partial charge in [-0.3, -0.25) is 4.79 Å². The molecule has 0 radical (unpaired) electrons. The Morgan fingerprint density at radius 1 is 1.44 bits per heavy atom. The molecule has 0 spiro atoms. The Morgan fingerprint density at radius 3 is 3.00 bits per heavy atom. The van der Waals surface area contributed by atoms with Gasteiger partial charge in [0.1, 0.15) is 12.2 Å². The van der Waals surface area contributed by atoms with Crippen molar-refractivity contribution in [3.8, 4) is 0 Å². The molecule has 0 aliphatic heterocycles. The fourth-order valence-corrected chi connectivity index (χ4v) is 3.35. The van der Waals surface area contributed by atoms with E-state index in [2.05, 4.69) is 31.4 Å². The highest BCUT2D eigenvalue weighted by Crippen LogP contribution is 2.27. The molecule has 8 heteroatoms. The number of hydrogen-bond acceptors (Lipinski definition) is 7. The van der Waals surface area contributed by atoms with Crippen LogP contribution in [0.25, 0.3) is 11.0 Å². The first-order valence-corrected chi connectivity index (χ1v) is 9.38. The number of esters is 1. The standard InChI is InChI=1S/C19H26N6O2/c1-2-27-17(26)12-21-11-16(9-20)23-19-22-10-15-7-8-25(18(15)24-19)13-14-5-3-4-6-14/h7-11,14,20-21H,2-6,12-13H2,1H3,(H,22,23,24)/b16-11+,20-9?. The van der Waals surface area contributed by atoms with Crippen molar-refractivity contribution in [2.75, 3.05) is 18.5 Å². The maximum atomic E-state index is 11.3. The summed E-state index contributed by atoms with van der Waals surface area (Å²) in [6.07, 6.45) is 11.7. The Kier molecular flexibility index (Phi) is 6.40. The van der Waals surface area contributed by atoms with Gasteiger partial charge < -0.3 is 25.3 Å². The molecule has 3 rings (SSSR count). The minimum Gasteiger partial charge on any atom is -0.465 e. The van der Waals surface area contributed by atoms with Crippen LogP contribution < -0.4 is 10.6 Å². The molecule has 0 atom stereocenters. The Hall–Kier alpha value is -2.90. The summed E-state index contributed by atoms with van der Waals surface area (Å²) in [6, 6.07) is 2.03. The van der Waals surface area contributed by atoms with Gasteiger partial charge in [0.25, 0.3) is 0 Å². The van der Waals surface area contributed by atoms with Crippen LogP contribution in [0.2, 0.25) is 0 Å². The Bertz CT molecular complexity index is 823. The zero-order valence-corrected chi connectivity index (χ0v) is 15.6.